The minimum Gasteiger partial charge on any atom is -0.377 e. The van der Waals surface area contributed by atoms with Crippen molar-refractivity contribution in [3.05, 3.63) is 15.8 Å². The van der Waals surface area contributed by atoms with Gasteiger partial charge in [0.15, 0.2) is 0 Å². The Bertz CT molecular complexity index is 539. The third-order valence-corrected chi connectivity index (χ3v) is 6.54. The number of nitrogens with two attached hydrogens (primary N) is 1. The molecule has 2 rings (SSSR count). The lowest BCUT2D eigenvalue weighted by atomic mass is 10.3. The summed E-state index contributed by atoms with van der Waals surface area (Å²) in [5.41, 5.74) is 6.43. The highest BCUT2D eigenvalue weighted by Crippen LogP contribution is 2.30. The minimum atomic E-state index is -3.46. The first-order valence-corrected chi connectivity index (χ1v) is 8.67. The van der Waals surface area contributed by atoms with E-state index in [0.717, 1.165) is 16.9 Å². The van der Waals surface area contributed by atoms with E-state index in [1.165, 1.54) is 15.6 Å². The third-order valence-electron chi connectivity index (χ3n) is 3.19. The van der Waals surface area contributed by atoms with Gasteiger partial charge in [-0.05, 0) is 31.2 Å². The molecule has 0 amide bonds. The van der Waals surface area contributed by atoms with Crippen LogP contribution in [-0.4, -0.2) is 38.5 Å². The summed E-state index contributed by atoms with van der Waals surface area (Å²) in [7, 11) is -3.46. The van der Waals surface area contributed by atoms with E-state index in [2.05, 4.69) is 0 Å². The molecule has 2 N–H and O–H groups in total. The van der Waals surface area contributed by atoms with E-state index in [4.69, 9.17) is 10.5 Å². The van der Waals surface area contributed by atoms with Gasteiger partial charge in [-0.25, -0.2) is 8.42 Å². The average molecular weight is 304 g/mol. The molecule has 1 aromatic rings. The minimum absolute atomic E-state index is 0.0717. The van der Waals surface area contributed by atoms with E-state index < -0.39 is 10.0 Å². The van der Waals surface area contributed by atoms with E-state index in [0.29, 0.717) is 24.6 Å². The number of thiophene rings is 1. The van der Waals surface area contributed by atoms with Crippen molar-refractivity contribution >= 4 is 21.4 Å². The Balaban J connectivity index is 2.38. The highest BCUT2D eigenvalue weighted by molar-refractivity contribution is 7.89. The predicted molar refractivity (Wildman–Crippen MR) is 75.7 cm³/mol. The second-order valence-corrected chi connectivity index (χ2v) is 7.61. The first-order valence-electron chi connectivity index (χ1n) is 6.35. The van der Waals surface area contributed by atoms with Gasteiger partial charge >= 0.3 is 0 Å². The normalized spacial score (nSPS) is 22.4. The molecular formula is C12H20N2O3S2. The van der Waals surface area contributed by atoms with E-state index in [9.17, 15) is 8.42 Å². The molecule has 1 fully saturated rings. The van der Waals surface area contributed by atoms with Crippen LogP contribution in [0.4, 0.5) is 0 Å². The molecular weight excluding hydrogens is 284 g/mol. The Morgan fingerprint density at radius 1 is 1.58 bits per heavy atom. The van der Waals surface area contributed by atoms with Crippen LogP contribution < -0.4 is 5.73 Å². The zero-order valence-corrected chi connectivity index (χ0v) is 12.9. The number of aryl methyl sites for hydroxylation is 1. The van der Waals surface area contributed by atoms with Gasteiger partial charge in [0.25, 0.3) is 0 Å². The molecule has 0 radical (unpaired) electrons. The summed E-state index contributed by atoms with van der Waals surface area (Å²) in [6, 6.07) is 0. The molecule has 0 aliphatic carbocycles. The van der Waals surface area contributed by atoms with Gasteiger partial charge in [-0.3, -0.25) is 0 Å². The fourth-order valence-electron chi connectivity index (χ4n) is 2.28. The van der Waals surface area contributed by atoms with Gasteiger partial charge in [-0.2, -0.15) is 4.31 Å². The summed E-state index contributed by atoms with van der Waals surface area (Å²) in [5.74, 6) is 0. The molecule has 1 aliphatic rings. The smallest absolute Gasteiger partial charge is 0.244 e. The molecule has 108 valence electrons. The Morgan fingerprint density at radius 3 is 3.00 bits per heavy atom. The molecule has 1 atom stereocenters. The van der Waals surface area contributed by atoms with Gasteiger partial charge < -0.3 is 10.5 Å². The second-order valence-electron chi connectivity index (χ2n) is 4.77. The molecule has 19 heavy (non-hydrogen) atoms. The van der Waals surface area contributed by atoms with Crippen molar-refractivity contribution in [3.8, 4) is 0 Å². The summed E-state index contributed by atoms with van der Waals surface area (Å²) in [5, 5.41) is 1.85. The van der Waals surface area contributed by atoms with Crippen LogP contribution in [0.1, 0.15) is 23.8 Å². The van der Waals surface area contributed by atoms with Gasteiger partial charge in [0, 0.05) is 31.1 Å². The van der Waals surface area contributed by atoms with Crippen molar-refractivity contribution in [2.45, 2.75) is 37.8 Å². The lowest BCUT2D eigenvalue weighted by Gasteiger charge is -2.22. The van der Waals surface area contributed by atoms with E-state index in [-0.39, 0.29) is 12.6 Å². The van der Waals surface area contributed by atoms with Crippen molar-refractivity contribution in [1.29, 1.82) is 0 Å². The molecule has 1 saturated heterocycles. The fourth-order valence-corrected chi connectivity index (χ4v) is 5.48. The SMILES string of the molecule is Cc1csc(CN)c1S(=O)(=O)N1CCCOC(C)C1. The first kappa shape index (κ1) is 14.9. The Hall–Kier alpha value is -0.470. The van der Waals surface area contributed by atoms with Crippen LogP contribution in [0.25, 0.3) is 0 Å². The number of sulfonamides is 1. The molecule has 1 aromatic heterocycles. The van der Waals surface area contributed by atoms with E-state index >= 15 is 0 Å². The van der Waals surface area contributed by atoms with Crippen LogP contribution in [-0.2, 0) is 21.3 Å². The molecule has 0 saturated carbocycles. The zero-order valence-electron chi connectivity index (χ0n) is 11.3. The van der Waals surface area contributed by atoms with Gasteiger partial charge in [-0.15, -0.1) is 11.3 Å². The lowest BCUT2D eigenvalue weighted by molar-refractivity contribution is 0.0752. The second kappa shape index (κ2) is 5.88. The molecule has 0 spiro atoms. The van der Waals surface area contributed by atoms with Crippen molar-refractivity contribution < 1.29 is 13.2 Å². The number of rotatable bonds is 3. The van der Waals surface area contributed by atoms with Gasteiger partial charge in [0.2, 0.25) is 10.0 Å². The van der Waals surface area contributed by atoms with Crippen LogP contribution in [0.15, 0.2) is 10.3 Å². The maximum absolute atomic E-state index is 12.8. The van der Waals surface area contributed by atoms with Crippen molar-refractivity contribution in [2.24, 2.45) is 5.73 Å². The standard InChI is InChI=1S/C12H20N2O3S2/c1-9-8-18-11(6-13)12(9)19(15,16)14-4-3-5-17-10(2)7-14/h8,10H,3-7,13H2,1-2H3. The monoisotopic (exact) mass is 304 g/mol. The fraction of sp³-hybridized carbons (Fsp3) is 0.667. The topological polar surface area (TPSA) is 72.6 Å². The summed E-state index contributed by atoms with van der Waals surface area (Å²) >= 11 is 1.41. The maximum Gasteiger partial charge on any atom is 0.244 e. The largest absolute Gasteiger partial charge is 0.377 e. The number of nitrogens with zero attached hydrogens (tertiary/aromatic N) is 1. The predicted octanol–water partition coefficient (Wildman–Crippen LogP) is 1.31. The van der Waals surface area contributed by atoms with Crippen LogP contribution in [0.5, 0.6) is 0 Å². The van der Waals surface area contributed by atoms with Crippen LogP contribution in [0, 0.1) is 6.92 Å². The summed E-state index contributed by atoms with van der Waals surface area (Å²) in [4.78, 5) is 1.13. The highest BCUT2D eigenvalue weighted by atomic mass is 32.2. The summed E-state index contributed by atoms with van der Waals surface area (Å²) < 4.78 is 32.6. The quantitative estimate of drug-likeness (QED) is 0.914. The Kier molecular flexibility index (Phi) is 4.62. The zero-order chi connectivity index (χ0) is 14.0. The molecule has 5 nitrogen and oxygen atoms in total. The summed E-state index contributed by atoms with van der Waals surface area (Å²) in [6.07, 6.45) is 0.655. The number of ether oxygens (including phenoxy) is 1. The molecule has 7 heteroatoms. The average Bonchev–Trinajstić information content (AvgIpc) is 2.59. The van der Waals surface area contributed by atoms with Crippen LogP contribution >= 0.6 is 11.3 Å². The van der Waals surface area contributed by atoms with Crippen molar-refractivity contribution in [2.75, 3.05) is 19.7 Å². The van der Waals surface area contributed by atoms with Crippen LogP contribution in [0.2, 0.25) is 0 Å². The Morgan fingerprint density at radius 2 is 2.32 bits per heavy atom. The number of hydrogen-bond acceptors (Lipinski definition) is 5. The van der Waals surface area contributed by atoms with E-state index in [1.807, 2.05) is 19.2 Å². The van der Waals surface area contributed by atoms with Crippen molar-refractivity contribution in [3.63, 3.8) is 0 Å². The number of hydrogen-bond donors (Lipinski definition) is 1. The Labute approximate surface area is 118 Å². The summed E-state index contributed by atoms with van der Waals surface area (Å²) in [6.45, 7) is 5.50. The molecule has 1 aliphatic heterocycles. The molecule has 0 aromatic carbocycles. The maximum atomic E-state index is 12.8. The highest BCUT2D eigenvalue weighted by Gasteiger charge is 2.31. The molecule has 0 bridgehead atoms. The molecule has 1 unspecified atom stereocenters. The third kappa shape index (κ3) is 3.00. The lowest BCUT2D eigenvalue weighted by Crippen LogP contribution is -2.36. The van der Waals surface area contributed by atoms with Crippen molar-refractivity contribution in [1.82, 2.24) is 4.31 Å². The van der Waals surface area contributed by atoms with E-state index in [1.54, 1.807) is 0 Å². The van der Waals surface area contributed by atoms with Gasteiger partial charge in [0.05, 0.1) is 6.10 Å². The first-order chi connectivity index (χ1) is 8.96. The van der Waals surface area contributed by atoms with Crippen LogP contribution in [0.3, 0.4) is 0 Å². The van der Waals surface area contributed by atoms with Gasteiger partial charge in [0.1, 0.15) is 4.90 Å². The van der Waals surface area contributed by atoms with Gasteiger partial charge in [-0.1, -0.05) is 0 Å². The molecule has 2 heterocycles.